The van der Waals surface area contributed by atoms with Crippen molar-refractivity contribution in [1.29, 1.82) is 0 Å². The number of nitro benzene ring substituents is 1. The van der Waals surface area contributed by atoms with Gasteiger partial charge < -0.3 is 5.32 Å². The van der Waals surface area contributed by atoms with E-state index in [4.69, 9.17) is 12.2 Å². The Morgan fingerprint density at radius 3 is 2.78 bits per heavy atom. The lowest BCUT2D eigenvalue weighted by molar-refractivity contribution is -0.385. The van der Waals surface area contributed by atoms with E-state index >= 15 is 0 Å². The Labute approximate surface area is 112 Å². The summed E-state index contributed by atoms with van der Waals surface area (Å²) in [6.07, 6.45) is 1.59. The van der Waals surface area contributed by atoms with E-state index < -0.39 is 4.92 Å². The molecule has 0 aliphatic carbocycles. The summed E-state index contributed by atoms with van der Waals surface area (Å²) in [4.78, 5) is 22.3. The van der Waals surface area contributed by atoms with Crippen LogP contribution in [0.1, 0.15) is 11.1 Å². The van der Waals surface area contributed by atoms with Gasteiger partial charge in [-0.3, -0.25) is 14.9 Å². The van der Waals surface area contributed by atoms with Crippen molar-refractivity contribution in [3.05, 3.63) is 44.3 Å². The molecule has 0 unspecified atom stereocenters. The summed E-state index contributed by atoms with van der Waals surface area (Å²) in [5.74, 6) is -0.270. The van der Waals surface area contributed by atoms with E-state index in [-0.39, 0.29) is 11.6 Å². The molecule has 0 spiro atoms. The van der Waals surface area contributed by atoms with Crippen LogP contribution in [0, 0.1) is 17.0 Å². The number of thiocarbonyl (C=S) groups is 1. The summed E-state index contributed by atoms with van der Waals surface area (Å²) in [7, 11) is 0. The molecular weight excluding hydrogens is 272 g/mol. The first-order valence-corrected chi connectivity index (χ1v) is 6.20. The highest BCUT2D eigenvalue weighted by molar-refractivity contribution is 8.26. The fourth-order valence-electron chi connectivity index (χ4n) is 1.49. The summed E-state index contributed by atoms with van der Waals surface area (Å²) >= 11 is 6.01. The van der Waals surface area contributed by atoms with Gasteiger partial charge >= 0.3 is 0 Å². The number of carbonyl (C=O) groups excluding carboxylic acids is 1. The maximum Gasteiger partial charge on any atom is 0.272 e. The van der Waals surface area contributed by atoms with E-state index in [1.165, 1.54) is 6.07 Å². The van der Waals surface area contributed by atoms with Crippen LogP contribution in [0.15, 0.2) is 23.1 Å². The molecule has 1 aliphatic rings. The quantitative estimate of drug-likeness (QED) is 0.390. The number of nitro groups is 1. The van der Waals surface area contributed by atoms with Crippen molar-refractivity contribution < 1.29 is 9.72 Å². The average molecular weight is 280 g/mol. The summed E-state index contributed by atoms with van der Waals surface area (Å²) in [5, 5.41) is 13.3. The maximum absolute atomic E-state index is 11.5. The first-order chi connectivity index (χ1) is 8.47. The lowest BCUT2D eigenvalue weighted by Crippen LogP contribution is -2.17. The number of rotatable bonds is 2. The lowest BCUT2D eigenvalue weighted by atomic mass is 10.1. The van der Waals surface area contributed by atoms with Gasteiger partial charge in [0, 0.05) is 11.6 Å². The first-order valence-electron chi connectivity index (χ1n) is 4.97. The van der Waals surface area contributed by atoms with Crippen LogP contribution in [0.4, 0.5) is 5.69 Å². The van der Waals surface area contributed by atoms with Gasteiger partial charge in [-0.05, 0) is 18.6 Å². The standard InChI is InChI=1S/C11H8N2O3S2/c1-6-2-3-7(4-8(6)13(15)16)5-9-10(14)12-11(17)18-9/h2-5H,1H3,(H,12,14,17)/b9-5-. The van der Waals surface area contributed by atoms with E-state index in [2.05, 4.69) is 5.32 Å². The summed E-state index contributed by atoms with van der Waals surface area (Å²) in [6, 6.07) is 4.82. The van der Waals surface area contributed by atoms with Gasteiger partial charge in [0.05, 0.1) is 9.83 Å². The van der Waals surface area contributed by atoms with E-state index in [0.717, 1.165) is 11.8 Å². The number of nitrogens with one attached hydrogen (secondary N) is 1. The molecule has 1 amide bonds. The Hall–Kier alpha value is -1.73. The fraction of sp³-hybridized carbons (Fsp3) is 0.0909. The van der Waals surface area contributed by atoms with Gasteiger partial charge in [0.1, 0.15) is 4.32 Å². The van der Waals surface area contributed by atoms with Crippen LogP contribution in [0.25, 0.3) is 6.08 Å². The zero-order valence-corrected chi connectivity index (χ0v) is 10.9. The molecule has 2 rings (SSSR count). The summed E-state index contributed by atoms with van der Waals surface area (Å²) in [5.41, 5.74) is 1.23. The van der Waals surface area contributed by atoms with Crippen LogP contribution in [0.2, 0.25) is 0 Å². The number of hydrogen-bond acceptors (Lipinski definition) is 5. The van der Waals surface area contributed by atoms with Crippen molar-refractivity contribution in [3.63, 3.8) is 0 Å². The number of aryl methyl sites for hydroxylation is 1. The molecule has 1 fully saturated rings. The van der Waals surface area contributed by atoms with Crippen LogP contribution in [-0.2, 0) is 4.79 Å². The number of hydrogen-bond donors (Lipinski definition) is 1. The van der Waals surface area contributed by atoms with Crippen LogP contribution >= 0.6 is 24.0 Å². The molecular formula is C11H8N2O3S2. The fourth-order valence-corrected chi connectivity index (χ4v) is 2.53. The van der Waals surface area contributed by atoms with Gasteiger partial charge in [0.2, 0.25) is 0 Å². The molecule has 1 saturated heterocycles. The predicted molar refractivity (Wildman–Crippen MR) is 74.1 cm³/mol. The van der Waals surface area contributed by atoms with Gasteiger partial charge in [0.25, 0.3) is 11.6 Å². The second-order valence-electron chi connectivity index (χ2n) is 3.66. The molecule has 7 heteroatoms. The average Bonchev–Trinajstić information content (AvgIpc) is 2.60. The minimum atomic E-state index is -0.441. The van der Waals surface area contributed by atoms with Crippen LogP contribution in [0.5, 0.6) is 0 Å². The highest BCUT2D eigenvalue weighted by atomic mass is 32.2. The number of amides is 1. The van der Waals surface area contributed by atoms with E-state index in [0.29, 0.717) is 20.4 Å². The lowest BCUT2D eigenvalue weighted by Gasteiger charge is -1.99. The zero-order chi connectivity index (χ0) is 13.3. The Morgan fingerprint density at radius 1 is 1.50 bits per heavy atom. The molecule has 92 valence electrons. The molecule has 5 nitrogen and oxygen atoms in total. The van der Waals surface area contributed by atoms with Gasteiger partial charge in [-0.2, -0.15) is 0 Å². The van der Waals surface area contributed by atoms with Crippen molar-refractivity contribution in [2.24, 2.45) is 0 Å². The topological polar surface area (TPSA) is 72.2 Å². The molecule has 0 aromatic heterocycles. The van der Waals surface area contributed by atoms with Gasteiger partial charge in [-0.25, -0.2) is 0 Å². The summed E-state index contributed by atoms with van der Waals surface area (Å²) < 4.78 is 0.396. The van der Waals surface area contributed by atoms with E-state index in [9.17, 15) is 14.9 Å². The Kier molecular flexibility index (Phi) is 3.44. The van der Waals surface area contributed by atoms with Crippen molar-refractivity contribution in [3.8, 4) is 0 Å². The third-order valence-electron chi connectivity index (χ3n) is 2.37. The molecule has 0 radical (unpaired) electrons. The highest BCUT2D eigenvalue weighted by Crippen LogP contribution is 2.27. The van der Waals surface area contributed by atoms with Crippen LogP contribution in [-0.4, -0.2) is 15.2 Å². The molecule has 0 saturated carbocycles. The van der Waals surface area contributed by atoms with E-state index in [1.807, 2.05) is 0 Å². The molecule has 0 atom stereocenters. The molecule has 1 heterocycles. The third-order valence-corrected chi connectivity index (χ3v) is 3.53. The Balaban J connectivity index is 2.38. The molecule has 1 aliphatic heterocycles. The van der Waals surface area contributed by atoms with Crippen molar-refractivity contribution >= 4 is 46.0 Å². The number of carbonyl (C=O) groups is 1. The first kappa shape index (κ1) is 12.7. The molecule has 1 aromatic carbocycles. The van der Waals surface area contributed by atoms with Crippen molar-refractivity contribution in [2.45, 2.75) is 6.92 Å². The minimum absolute atomic E-state index is 0.0373. The van der Waals surface area contributed by atoms with Crippen LogP contribution in [0.3, 0.4) is 0 Å². The number of thioether (sulfide) groups is 1. The second kappa shape index (κ2) is 4.87. The SMILES string of the molecule is Cc1ccc(/C=C2\SC(=S)NC2=O)cc1[N+](=O)[O-]. The van der Waals surface area contributed by atoms with E-state index in [1.54, 1.807) is 25.1 Å². The second-order valence-corrected chi connectivity index (χ2v) is 5.37. The van der Waals surface area contributed by atoms with Gasteiger partial charge in [-0.1, -0.05) is 36.1 Å². The van der Waals surface area contributed by atoms with Crippen LogP contribution < -0.4 is 5.32 Å². The smallest absolute Gasteiger partial charge is 0.272 e. The monoisotopic (exact) mass is 280 g/mol. The van der Waals surface area contributed by atoms with Gasteiger partial charge in [0.15, 0.2) is 0 Å². The number of nitrogens with zero attached hydrogens (tertiary/aromatic N) is 1. The van der Waals surface area contributed by atoms with Gasteiger partial charge in [-0.15, -0.1) is 0 Å². The normalized spacial score (nSPS) is 17.1. The molecule has 1 aromatic rings. The number of benzene rings is 1. The minimum Gasteiger partial charge on any atom is -0.307 e. The largest absolute Gasteiger partial charge is 0.307 e. The van der Waals surface area contributed by atoms with Crippen molar-refractivity contribution in [2.75, 3.05) is 0 Å². The predicted octanol–water partition coefficient (Wildman–Crippen LogP) is 2.39. The Morgan fingerprint density at radius 2 is 2.22 bits per heavy atom. The summed E-state index contributed by atoms with van der Waals surface area (Å²) in [6.45, 7) is 1.67. The maximum atomic E-state index is 11.5. The third kappa shape index (κ3) is 2.57. The Bertz CT molecular complexity index is 596. The molecule has 18 heavy (non-hydrogen) atoms. The molecule has 0 bridgehead atoms. The zero-order valence-electron chi connectivity index (χ0n) is 9.30. The highest BCUT2D eigenvalue weighted by Gasteiger charge is 2.22. The molecule has 1 N–H and O–H groups in total. The van der Waals surface area contributed by atoms with Crippen molar-refractivity contribution in [1.82, 2.24) is 5.32 Å².